The first-order chi connectivity index (χ1) is 18.1. The fourth-order valence-electron chi connectivity index (χ4n) is 5.08. The van der Waals surface area contributed by atoms with E-state index in [-0.39, 0.29) is 18.4 Å². The predicted octanol–water partition coefficient (Wildman–Crippen LogP) is 4.25. The van der Waals surface area contributed by atoms with Gasteiger partial charge in [0.2, 0.25) is 0 Å². The highest BCUT2D eigenvalue weighted by Crippen LogP contribution is 2.35. The van der Waals surface area contributed by atoms with Crippen LogP contribution in [-0.4, -0.2) is 57.0 Å². The van der Waals surface area contributed by atoms with Crippen LogP contribution >= 0.6 is 0 Å². The number of carbonyl (C=O) groups is 1. The van der Waals surface area contributed by atoms with Gasteiger partial charge in [0, 0.05) is 48.4 Å². The Hall–Kier alpha value is -4.53. The Labute approximate surface area is 213 Å². The molecule has 2 aromatic carbocycles. The van der Waals surface area contributed by atoms with E-state index in [9.17, 15) is 4.79 Å². The molecule has 0 unspecified atom stereocenters. The second-order valence-corrected chi connectivity index (χ2v) is 9.24. The topological polar surface area (TPSA) is 111 Å². The Morgan fingerprint density at radius 1 is 1.11 bits per heavy atom. The van der Waals surface area contributed by atoms with Crippen LogP contribution in [0, 0.1) is 0 Å². The second-order valence-electron chi connectivity index (χ2n) is 9.24. The Balaban J connectivity index is 1.19. The number of H-pyrrole nitrogens is 1. The van der Waals surface area contributed by atoms with Gasteiger partial charge in [-0.25, -0.2) is 9.97 Å². The Morgan fingerprint density at radius 2 is 1.92 bits per heavy atom. The number of hydrogen-bond donors (Lipinski definition) is 2. The molecule has 1 amide bonds. The number of methoxy groups -OCH3 is 1. The van der Waals surface area contributed by atoms with Crippen molar-refractivity contribution >= 4 is 28.1 Å². The number of carbonyl (C=O) groups excluding carboxylic acids is 1. The lowest BCUT2D eigenvalue weighted by Gasteiger charge is -2.31. The van der Waals surface area contributed by atoms with E-state index < -0.39 is 0 Å². The van der Waals surface area contributed by atoms with Crippen LogP contribution in [0.1, 0.15) is 24.6 Å². The molecule has 9 nitrogen and oxygen atoms in total. The number of imidazole rings is 1. The molecular weight excluding hydrogens is 468 g/mol. The number of aromatic nitrogens is 4. The summed E-state index contributed by atoms with van der Waals surface area (Å²) in [6.07, 6.45) is 5.23. The van der Waals surface area contributed by atoms with Crippen LogP contribution in [0.2, 0.25) is 0 Å². The zero-order chi connectivity index (χ0) is 25.4. The van der Waals surface area contributed by atoms with E-state index in [1.54, 1.807) is 19.4 Å². The number of piperidine rings is 1. The third kappa shape index (κ3) is 4.33. The first-order valence-corrected chi connectivity index (χ1v) is 12.4. The summed E-state index contributed by atoms with van der Waals surface area (Å²) in [6, 6.07) is 17.5. The molecule has 0 aliphatic carbocycles. The summed E-state index contributed by atoms with van der Waals surface area (Å²) in [5.41, 5.74) is 9.88. The van der Waals surface area contributed by atoms with Gasteiger partial charge in [0.25, 0.3) is 5.91 Å². The van der Waals surface area contributed by atoms with Crippen molar-refractivity contribution in [1.82, 2.24) is 24.3 Å². The SMILES string of the molecule is COc1cccc(OCC(=O)N2CCC(c3nc(-c4cc5ccccc5[nH]4)c4c(N)nccn34)CC2)c1. The van der Waals surface area contributed by atoms with Gasteiger partial charge in [-0.1, -0.05) is 24.3 Å². The maximum atomic E-state index is 12.8. The summed E-state index contributed by atoms with van der Waals surface area (Å²) in [6.45, 7) is 1.28. The number of ether oxygens (including phenoxy) is 2. The Kier molecular flexibility index (Phi) is 5.88. The number of benzene rings is 2. The molecule has 0 spiro atoms. The Morgan fingerprint density at radius 3 is 2.73 bits per heavy atom. The summed E-state index contributed by atoms with van der Waals surface area (Å²) in [5.74, 6) is 2.86. The van der Waals surface area contributed by atoms with E-state index in [1.807, 2.05) is 47.5 Å². The van der Waals surface area contributed by atoms with Crippen molar-refractivity contribution in [2.75, 3.05) is 32.5 Å². The summed E-state index contributed by atoms with van der Waals surface area (Å²) >= 11 is 0. The zero-order valence-electron chi connectivity index (χ0n) is 20.6. The van der Waals surface area contributed by atoms with Crippen LogP contribution in [-0.2, 0) is 4.79 Å². The number of anilines is 1. The molecule has 1 aliphatic rings. The van der Waals surface area contributed by atoms with Gasteiger partial charge in [-0.05, 0) is 37.1 Å². The number of para-hydroxylation sites is 1. The summed E-state index contributed by atoms with van der Waals surface area (Å²) < 4.78 is 13.0. The Bertz CT molecular complexity index is 1550. The van der Waals surface area contributed by atoms with Crippen molar-refractivity contribution in [2.24, 2.45) is 0 Å². The molecule has 1 fully saturated rings. The molecule has 6 rings (SSSR count). The zero-order valence-corrected chi connectivity index (χ0v) is 20.6. The van der Waals surface area contributed by atoms with Crippen LogP contribution in [0.25, 0.3) is 27.8 Å². The molecular formula is C28H28N6O3. The van der Waals surface area contributed by atoms with E-state index in [2.05, 4.69) is 26.5 Å². The number of likely N-dealkylation sites (tertiary alicyclic amines) is 1. The molecule has 9 heteroatoms. The van der Waals surface area contributed by atoms with E-state index in [0.29, 0.717) is 30.4 Å². The van der Waals surface area contributed by atoms with Crippen LogP contribution in [0.5, 0.6) is 11.5 Å². The first-order valence-electron chi connectivity index (χ1n) is 12.4. The molecule has 37 heavy (non-hydrogen) atoms. The van der Waals surface area contributed by atoms with Crippen LogP contribution < -0.4 is 15.2 Å². The van der Waals surface area contributed by atoms with Gasteiger partial charge in [-0.15, -0.1) is 0 Å². The maximum absolute atomic E-state index is 12.8. The minimum absolute atomic E-state index is 0.00310. The highest BCUT2D eigenvalue weighted by atomic mass is 16.5. The van der Waals surface area contributed by atoms with Gasteiger partial charge in [0.05, 0.1) is 12.8 Å². The standard InChI is InChI=1S/C28H28N6O3/c1-36-20-6-4-7-21(16-20)37-17-24(35)33-12-9-18(10-13-33)28-32-25(26-27(29)30-11-14-34(26)28)23-15-19-5-2-3-8-22(19)31-23/h2-8,11,14-16,18,31H,9-10,12-13,17H2,1H3,(H2,29,30). The third-order valence-electron chi connectivity index (χ3n) is 7.01. The molecule has 1 aliphatic heterocycles. The average molecular weight is 497 g/mol. The number of nitrogens with two attached hydrogens (primary N) is 1. The number of nitrogens with zero attached hydrogens (tertiary/aromatic N) is 4. The van der Waals surface area contributed by atoms with Crippen molar-refractivity contribution in [3.8, 4) is 22.9 Å². The number of hydrogen-bond acceptors (Lipinski definition) is 6. The van der Waals surface area contributed by atoms with Gasteiger partial charge in [-0.2, -0.15) is 0 Å². The number of nitrogen functional groups attached to an aromatic ring is 1. The third-order valence-corrected chi connectivity index (χ3v) is 7.01. The number of rotatable bonds is 6. The van der Waals surface area contributed by atoms with Crippen molar-refractivity contribution in [1.29, 1.82) is 0 Å². The van der Waals surface area contributed by atoms with Crippen LogP contribution in [0.3, 0.4) is 0 Å². The smallest absolute Gasteiger partial charge is 0.260 e. The van der Waals surface area contributed by atoms with Crippen molar-refractivity contribution in [3.63, 3.8) is 0 Å². The largest absolute Gasteiger partial charge is 0.497 e. The van der Waals surface area contributed by atoms with Crippen LogP contribution in [0.15, 0.2) is 67.0 Å². The molecule has 0 bridgehead atoms. The lowest BCUT2D eigenvalue weighted by molar-refractivity contribution is -0.134. The number of amides is 1. The van der Waals surface area contributed by atoms with Gasteiger partial charge < -0.3 is 25.1 Å². The quantitative estimate of drug-likeness (QED) is 0.364. The van der Waals surface area contributed by atoms with Gasteiger partial charge >= 0.3 is 0 Å². The fraction of sp³-hybridized carbons (Fsp3) is 0.250. The lowest BCUT2D eigenvalue weighted by atomic mass is 9.96. The maximum Gasteiger partial charge on any atom is 0.260 e. The van der Waals surface area contributed by atoms with Crippen LogP contribution in [0.4, 0.5) is 5.82 Å². The molecule has 0 atom stereocenters. The first kappa shape index (κ1) is 22.9. The predicted molar refractivity (Wildman–Crippen MR) is 142 cm³/mol. The summed E-state index contributed by atoms with van der Waals surface area (Å²) in [4.78, 5) is 27.6. The molecule has 5 aromatic rings. The minimum Gasteiger partial charge on any atom is -0.497 e. The summed E-state index contributed by atoms with van der Waals surface area (Å²) in [7, 11) is 1.60. The highest BCUT2D eigenvalue weighted by Gasteiger charge is 2.29. The monoisotopic (exact) mass is 496 g/mol. The average Bonchev–Trinajstić information content (AvgIpc) is 3.54. The van der Waals surface area contributed by atoms with E-state index in [1.165, 1.54) is 0 Å². The lowest BCUT2D eigenvalue weighted by Crippen LogP contribution is -2.40. The number of nitrogens with one attached hydrogen (secondary N) is 1. The van der Waals surface area contributed by atoms with Crippen molar-refractivity contribution < 1.29 is 14.3 Å². The molecule has 3 N–H and O–H groups in total. The summed E-state index contributed by atoms with van der Waals surface area (Å²) in [5, 5.41) is 1.12. The van der Waals surface area contributed by atoms with Gasteiger partial charge in [-0.3, -0.25) is 9.20 Å². The van der Waals surface area contributed by atoms with E-state index in [4.69, 9.17) is 20.2 Å². The molecule has 3 aromatic heterocycles. The highest BCUT2D eigenvalue weighted by molar-refractivity contribution is 5.91. The molecule has 0 radical (unpaired) electrons. The van der Waals surface area contributed by atoms with Crippen molar-refractivity contribution in [2.45, 2.75) is 18.8 Å². The van der Waals surface area contributed by atoms with E-state index in [0.717, 1.165) is 46.5 Å². The minimum atomic E-state index is -0.0264. The number of fused-ring (bicyclic) bond motifs is 2. The van der Waals surface area contributed by atoms with E-state index >= 15 is 0 Å². The van der Waals surface area contributed by atoms with Gasteiger partial charge in [0.1, 0.15) is 34.4 Å². The molecule has 4 heterocycles. The second kappa shape index (κ2) is 9.50. The normalized spacial score (nSPS) is 14.4. The van der Waals surface area contributed by atoms with Crippen molar-refractivity contribution in [3.05, 3.63) is 72.8 Å². The fourth-order valence-corrected chi connectivity index (χ4v) is 5.08. The molecule has 0 saturated carbocycles. The molecule has 1 saturated heterocycles. The number of aromatic amines is 1. The van der Waals surface area contributed by atoms with Gasteiger partial charge in [0.15, 0.2) is 6.61 Å². The molecule has 188 valence electrons.